The molecule has 0 aliphatic rings. The van der Waals surface area contributed by atoms with E-state index in [0.717, 1.165) is 11.1 Å². The predicted molar refractivity (Wildman–Crippen MR) is 141 cm³/mol. The maximum Gasteiger partial charge on any atom is 0.262 e. The summed E-state index contributed by atoms with van der Waals surface area (Å²) >= 11 is 17.4. The fourth-order valence-electron chi connectivity index (χ4n) is 1.92. The Balaban J connectivity index is 5.63. The molecule has 0 rings (SSSR count). The third kappa shape index (κ3) is 5.00. The van der Waals surface area contributed by atoms with Crippen LogP contribution >= 0.6 is 131 Å². The smallest absolute Gasteiger partial charge is 0.120 e. The van der Waals surface area contributed by atoms with Crippen molar-refractivity contribution < 1.29 is 0 Å². The van der Waals surface area contributed by atoms with Crippen molar-refractivity contribution in [1.82, 2.24) is 0 Å². The molecule has 0 amide bonds. The molecule has 0 spiro atoms. The van der Waals surface area contributed by atoms with Crippen molar-refractivity contribution >= 4 is 138 Å². The van der Waals surface area contributed by atoms with Gasteiger partial charge in [0.1, 0.15) is 5.09 Å². The maximum atomic E-state index is 3.00. The van der Waals surface area contributed by atoms with Crippen molar-refractivity contribution in [2.45, 2.75) is 51.6 Å². The van der Waals surface area contributed by atoms with Gasteiger partial charge >= 0.3 is 0 Å². The molecule has 0 N–H and O–H groups in total. The zero-order valence-electron chi connectivity index (χ0n) is 10.3. The molecule has 0 aliphatic carbocycles. The van der Waals surface area contributed by atoms with Crippen LogP contribution in [0.15, 0.2) is 0 Å². The lowest BCUT2D eigenvalue weighted by molar-refractivity contribution is 0.793. The van der Waals surface area contributed by atoms with Crippen LogP contribution in [-0.2, 0) is 0 Å². The van der Waals surface area contributed by atoms with Crippen molar-refractivity contribution in [3.8, 4) is 0 Å². The van der Waals surface area contributed by atoms with Gasteiger partial charge in [-0.25, -0.2) is 0 Å². The minimum Gasteiger partial charge on any atom is -0.120 e. The Hall–Kier alpha value is 5.03. The summed E-state index contributed by atoms with van der Waals surface area (Å²) < 4.78 is -2.26. The summed E-state index contributed by atoms with van der Waals surface area (Å²) in [4.78, 5) is 0. The number of halogens is 6. The molecule has 17 heavy (non-hydrogen) atoms. The Morgan fingerprint density at radius 2 is 1.06 bits per heavy atom. The molecule has 0 radical (unpaired) electrons. The first-order valence-corrected chi connectivity index (χ1v) is 32.4. The first-order chi connectivity index (χ1) is 7.46. The first-order valence-electron chi connectivity index (χ1n) is 5.60. The Bertz CT molecular complexity index is 244. The minimum atomic E-state index is -1.20. The average Bonchev–Trinajstić information content (AvgIpc) is 2.23. The summed E-state index contributed by atoms with van der Waals surface area (Å²) in [5, 5.41) is -1.20. The molecule has 0 aromatic carbocycles. The highest BCUT2D eigenvalue weighted by Crippen LogP contribution is 2.60. The Morgan fingerprint density at radius 1 is 0.765 bits per heavy atom. The van der Waals surface area contributed by atoms with Crippen molar-refractivity contribution in [3.63, 3.8) is 0 Å². The highest BCUT2D eigenvalue weighted by atomic mass is 127. The highest BCUT2D eigenvalue weighted by Gasteiger charge is 2.65. The summed E-state index contributed by atoms with van der Waals surface area (Å²) in [6.07, 6.45) is 2.74. The van der Waals surface area contributed by atoms with Crippen LogP contribution in [0, 0.1) is 0 Å². The van der Waals surface area contributed by atoms with Crippen LogP contribution in [0.3, 0.4) is 0 Å². The molecule has 0 saturated carbocycles. The van der Waals surface area contributed by atoms with Gasteiger partial charge < -0.3 is 0 Å². The lowest BCUT2D eigenvalue weighted by Gasteiger charge is -2.47. The van der Waals surface area contributed by atoms with E-state index in [1.165, 1.54) is 12.8 Å². The molecule has 2 unspecified atom stereocenters. The molecule has 0 fully saturated rings. The van der Waals surface area contributed by atoms with Gasteiger partial charge in [0.15, 0.2) is 0 Å². The van der Waals surface area contributed by atoms with E-state index in [-0.39, 0.29) is 0 Å². The first kappa shape index (κ1) is 22.0. The summed E-state index contributed by atoms with van der Waals surface area (Å²) in [6, 6.07) is 0. The average molecular weight is 960 g/mol. The second-order valence-corrected chi connectivity index (χ2v) is 99.7. The van der Waals surface area contributed by atoms with Crippen molar-refractivity contribution in [2.75, 3.05) is 0 Å². The van der Waals surface area contributed by atoms with Crippen LogP contribution < -0.4 is 0 Å². The van der Waals surface area contributed by atoms with Crippen LogP contribution in [0.1, 0.15) is 40.5 Å². The fraction of sp³-hybridized carbons (Fsp3) is 1.00. The zero-order valence-corrected chi connectivity index (χ0v) is 26.3. The topological polar surface area (TPSA) is 0 Å². The van der Waals surface area contributed by atoms with E-state index in [2.05, 4.69) is 158 Å². The van der Waals surface area contributed by atoms with Crippen LogP contribution in [-0.4, -0.2) is 7.27 Å². The van der Waals surface area contributed by atoms with Crippen LogP contribution in [0.25, 0.3) is 0 Å². The Kier molecular flexibility index (Phi) is 11.4. The van der Waals surface area contributed by atoms with Gasteiger partial charge in [-0.1, -0.05) is 106 Å². The molecule has 0 nitrogen and oxygen atoms in total. The number of rotatable bonds is 6. The van der Waals surface area contributed by atoms with Gasteiger partial charge in [-0.15, -0.1) is 65.4 Å². The van der Waals surface area contributed by atoms with E-state index >= 15 is 0 Å². The Morgan fingerprint density at radius 3 is 1.24 bits per heavy atom. The van der Waals surface area contributed by atoms with Crippen LogP contribution in [0.4, 0.5) is 0 Å². The SMILES string of the molecule is CCC(C)[Si](I)(C(C)CC)[Si](I)(I)[Si](I)(I)I. The lowest BCUT2D eigenvalue weighted by atomic mass is 10.4. The van der Waals surface area contributed by atoms with Crippen LogP contribution in [0.2, 0.25) is 11.1 Å². The lowest BCUT2D eigenvalue weighted by Crippen LogP contribution is -2.64. The molecule has 0 aliphatic heterocycles. The van der Waals surface area contributed by atoms with Gasteiger partial charge in [0.25, 0.3) is 0.0813 Å². The van der Waals surface area contributed by atoms with E-state index in [1.54, 1.807) is 0 Å². The molecule has 0 saturated heterocycles. The second-order valence-electron chi connectivity index (χ2n) is 4.46. The quantitative estimate of drug-likeness (QED) is 0.146. The molecular weight excluding hydrogens is 942 g/mol. The molecule has 0 aromatic rings. The fourth-order valence-corrected chi connectivity index (χ4v) is 131. The molecule has 2 atom stereocenters. The summed E-state index contributed by atoms with van der Waals surface area (Å²) in [6.45, 7) is 9.85. The minimum absolute atomic E-state index is 0.963. The van der Waals surface area contributed by atoms with Crippen molar-refractivity contribution in [1.29, 1.82) is 0 Å². The van der Waals surface area contributed by atoms with E-state index in [1.807, 2.05) is 0 Å². The third-order valence-electron chi connectivity index (χ3n) is 3.50. The van der Waals surface area contributed by atoms with Crippen LogP contribution in [0.5, 0.6) is 0 Å². The summed E-state index contributed by atoms with van der Waals surface area (Å²) in [5.74, 6) is 0. The second kappa shape index (κ2) is 8.76. The molecule has 0 aromatic heterocycles. The standard InChI is InChI=1S/C8H18I6Si3/c1-5-7(3)15(9,8(4)6-2)17(13,14)16(10,11)12/h7-8H,5-6H2,1-4H3. The van der Waals surface area contributed by atoms with Gasteiger partial charge in [-0.3, -0.25) is 0 Å². The van der Waals surface area contributed by atoms with Gasteiger partial charge in [-0.2, -0.15) is 0 Å². The van der Waals surface area contributed by atoms with Gasteiger partial charge in [0, 0.05) is 0 Å². The van der Waals surface area contributed by atoms with Crippen molar-refractivity contribution in [2.24, 2.45) is 0 Å². The molecular formula is C8H18I6Si3. The zero-order chi connectivity index (χ0) is 14.1. The predicted octanol–water partition coefficient (Wildman–Crippen LogP) is 7.68. The number of hydrogen-bond acceptors (Lipinski definition) is 0. The van der Waals surface area contributed by atoms with Crippen molar-refractivity contribution in [3.05, 3.63) is 0 Å². The molecule has 0 heterocycles. The van der Waals surface area contributed by atoms with E-state index in [4.69, 9.17) is 0 Å². The molecule has 9 heteroatoms. The van der Waals surface area contributed by atoms with Gasteiger partial charge in [0.05, 0.1) is 0 Å². The number of hydrogen-bond donors (Lipinski definition) is 0. The summed E-state index contributed by atoms with van der Waals surface area (Å²) in [5.41, 5.74) is 1.93. The van der Waals surface area contributed by atoms with Gasteiger partial charge in [-0.05, 0) is 11.1 Å². The monoisotopic (exact) mass is 959 g/mol. The largest absolute Gasteiger partial charge is 0.262 e. The third-order valence-corrected chi connectivity index (χ3v) is 183. The van der Waals surface area contributed by atoms with E-state index < -0.39 is 7.27 Å². The van der Waals surface area contributed by atoms with E-state index in [9.17, 15) is 0 Å². The summed E-state index contributed by atoms with van der Waals surface area (Å²) in [7, 11) is 0. The Labute approximate surface area is 185 Å². The van der Waals surface area contributed by atoms with E-state index in [0.29, 0.717) is 0 Å². The van der Waals surface area contributed by atoms with Gasteiger partial charge in [0.2, 0.25) is 2.10 Å². The molecule has 0 bridgehead atoms. The normalized spacial score (nSPS) is 20.8. The maximum absolute atomic E-state index is 3.00. The molecule has 104 valence electrons. The highest BCUT2D eigenvalue weighted by molar-refractivity contribution is 14.4.